The van der Waals surface area contributed by atoms with Gasteiger partial charge in [0.05, 0.1) is 12.2 Å². The van der Waals surface area contributed by atoms with Gasteiger partial charge in [-0.25, -0.2) is 4.68 Å². The lowest BCUT2D eigenvalue weighted by atomic mass is 10.1. The van der Waals surface area contributed by atoms with Gasteiger partial charge in [-0.2, -0.15) is 0 Å². The maximum atomic E-state index is 9.22. The third-order valence-corrected chi connectivity index (χ3v) is 2.78. The molecular weight excluding hydrogens is 226 g/mol. The number of phenols is 1. The van der Waals surface area contributed by atoms with Crippen molar-refractivity contribution in [2.45, 2.75) is 6.54 Å². The average molecular weight is 238 g/mol. The summed E-state index contributed by atoms with van der Waals surface area (Å²) in [5.74, 6) is 1.35. The van der Waals surface area contributed by atoms with E-state index in [-0.39, 0.29) is 5.75 Å². The Morgan fingerprint density at radius 1 is 1.06 bits per heavy atom. The van der Waals surface area contributed by atoms with E-state index in [4.69, 9.17) is 0 Å². The van der Waals surface area contributed by atoms with Gasteiger partial charge in [-0.05, 0) is 43.4 Å². The van der Waals surface area contributed by atoms with Crippen LogP contribution < -0.4 is 0 Å². The molecule has 1 aliphatic rings. The third-order valence-electron chi connectivity index (χ3n) is 2.78. The fourth-order valence-electron chi connectivity index (χ4n) is 1.84. The Hall–Kier alpha value is -1.84. The van der Waals surface area contributed by atoms with Crippen molar-refractivity contribution in [3.05, 3.63) is 73.3 Å². The van der Waals surface area contributed by atoms with Gasteiger partial charge < -0.3 is 5.11 Å². The average Bonchev–Trinajstić information content (AvgIpc) is 3.02. The first kappa shape index (κ1) is 11.3. The highest BCUT2D eigenvalue weighted by Gasteiger charge is 2.21. The van der Waals surface area contributed by atoms with Gasteiger partial charge in [-0.1, -0.05) is 17.3 Å². The molecular formula is C14H12N3O. The lowest BCUT2D eigenvalue weighted by Crippen LogP contribution is -2.00. The number of rotatable bonds is 3. The van der Waals surface area contributed by atoms with Crippen LogP contribution in [0.2, 0.25) is 0 Å². The van der Waals surface area contributed by atoms with E-state index in [1.54, 1.807) is 16.8 Å². The second-order valence-electron chi connectivity index (χ2n) is 4.14. The standard InChI is InChI=1S/C14H12N3O/c18-13-7-5-11(6-8-13)9-17-10-14(15-16-17)12-3-1-2-4-12/h1-8,10,18H,9H2. The minimum absolute atomic E-state index is 0.273. The number of hydrogen-bond acceptors (Lipinski definition) is 3. The van der Waals surface area contributed by atoms with Crippen molar-refractivity contribution >= 4 is 0 Å². The second-order valence-corrected chi connectivity index (χ2v) is 4.14. The van der Waals surface area contributed by atoms with Crippen molar-refractivity contribution in [3.63, 3.8) is 0 Å². The van der Waals surface area contributed by atoms with E-state index >= 15 is 0 Å². The van der Waals surface area contributed by atoms with Gasteiger partial charge in [-0.15, -0.1) is 5.10 Å². The topological polar surface area (TPSA) is 50.9 Å². The van der Waals surface area contributed by atoms with Crippen LogP contribution in [0.1, 0.15) is 11.3 Å². The van der Waals surface area contributed by atoms with Gasteiger partial charge in [0.15, 0.2) is 0 Å². The Bertz CT molecular complexity index is 512. The minimum Gasteiger partial charge on any atom is -0.508 e. The number of benzene rings is 1. The summed E-state index contributed by atoms with van der Waals surface area (Å²) in [5.41, 5.74) is 1.95. The lowest BCUT2D eigenvalue weighted by Gasteiger charge is -2.02. The summed E-state index contributed by atoms with van der Waals surface area (Å²) < 4.78 is 1.79. The number of phenolic OH excluding ortho intramolecular Hbond substituents is 1. The van der Waals surface area contributed by atoms with E-state index in [2.05, 4.69) is 10.3 Å². The van der Waals surface area contributed by atoms with Gasteiger partial charge in [-0.3, -0.25) is 0 Å². The van der Waals surface area contributed by atoms with Crippen LogP contribution in [-0.2, 0) is 6.54 Å². The maximum absolute atomic E-state index is 9.22. The molecule has 0 spiro atoms. The minimum atomic E-state index is 0.273. The molecule has 4 nitrogen and oxygen atoms in total. The van der Waals surface area contributed by atoms with Crippen molar-refractivity contribution in [3.8, 4) is 5.75 Å². The van der Waals surface area contributed by atoms with Crippen LogP contribution in [-0.4, -0.2) is 20.1 Å². The summed E-state index contributed by atoms with van der Waals surface area (Å²) in [5, 5.41) is 17.4. The van der Waals surface area contributed by atoms with Crippen LogP contribution in [0.5, 0.6) is 5.75 Å². The molecule has 0 aliphatic heterocycles. The zero-order chi connectivity index (χ0) is 12.4. The van der Waals surface area contributed by atoms with Gasteiger partial charge >= 0.3 is 0 Å². The smallest absolute Gasteiger partial charge is 0.115 e. The Morgan fingerprint density at radius 3 is 2.50 bits per heavy atom. The lowest BCUT2D eigenvalue weighted by molar-refractivity contribution is 0.475. The predicted octanol–water partition coefficient (Wildman–Crippen LogP) is 1.79. The molecule has 1 aromatic carbocycles. The van der Waals surface area contributed by atoms with Crippen LogP contribution in [0.3, 0.4) is 0 Å². The molecule has 2 aromatic rings. The van der Waals surface area contributed by atoms with Crippen LogP contribution in [0.4, 0.5) is 0 Å². The fourth-order valence-corrected chi connectivity index (χ4v) is 1.84. The summed E-state index contributed by atoms with van der Waals surface area (Å²) in [6.45, 7) is 0.647. The molecule has 1 fully saturated rings. The Morgan fingerprint density at radius 2 is 1.78 bits per heavy atom. The molecule has 1 saturated carbocycles. The molecule has 3 rings (SSSR count). The first-order chi connectivity index (χ1) is 8.81. The van der Waals surface area contributed by atoms with Crippen LogP contribution >= 0.6 is 0 Å². The summed E-state index contributed by atoms with van der Waals surface area (Å²) in [4.78, 5) is 0. The molecule has 5 radical (unpaired) electrons. The highest BCUT2D eigenvalue weighted by molar-refractivity contribution is 5.45. The molecule has 1 heterocycles. The molecule has 1 aliphatic carbocycles. The molecule has 89 valence electrons. The molecule has 0 atom stereocenters. The van der Waals surface area contributed by atoms with Gasteiger partial charge in [0.2, 0.25) is 0 Å². The molecule has 0 saturated heterocycles. The van der Waals surface area contributed by atoms with Crippen LogP contribution in [0, 0.1) is 31.6 Å². The molecule has 1 N–H and O–H groups in total. The maximum Gasteiger partial charge on any atom is 0.115 e. The predicted molar refractivity (Wildman–Crippen MR) is 66.8 cm³/mol. The quantitative estimate of drug-likeness (QED) is 0.886. The van der Waals surface area contributed by atoms with E-state index in [0.717, 1.165) is 17.2 Å². The van der Waals surface area contributed by atoms with E-state index in [9.17, 15) is 5.11 Å². The third kappa shape index (κ3) is 2.37. The Balaban J connectivity index is 1.71. The summed E-state index contributed by atoms with van der Waals surface area (Å²) in [6.07, 6.45) is 9.90. The molecule has 0 unspecified atom stereocenters. The summed E-state index contributed by atoms with van der Waals surface area (Å²) in [7, 11) is 0. The number of hydrogen-bond donors (Lipinski definition) is 1. The molecule has 1 aromatic heterocycles. The molecule has 18 heavy (non-hydrogen) atoms. The van der Waals surface area contributed by atoms with E-state index in [1.165, 1.54) is 0 Å². The molecule has 0 bridgehead atoms. The first-order valence-corrected chi connectivity index (χ1v) is 5.71. The van der Waals surface area contributed by atoms with Gasteiger partial charge in [0.1, 0.15) is 5.75 Å². The van der Waals surface area contributed by atoms with Gasteiger partial charge in [0.25, 0.3) is 0 Å². The highest BCUT2D eigenvalue weighted by Crippen LogP contribution is 2.28. The fraction of sp³-hybridized carbons (Fsp3) is 0.0714. The number of aromatic nitrogens is 3. The summed E-state index contributed by atoms with van der Waals surface area (Å²) >= 11 is 0. The molecule has 0 amide bonds. The number of nitrogens with zero attached hydrogens (tertiary/aromatic N) is 3. The zero-order valence-corrected chi connectivity index (χ0v) is 9.69. The van der Waals surface area contributed by atoms with Crippen molar-refractivity contribution in [2.24, 2.45) is 0 Å². The summed E-state index contributed by atoms with van der Waals surface area (Å²) in [6, 6.07) is 7.09. The van der Waals surface area contributed by atoms with Crippen molar-refractivity contribution in [2.75, 3.05) is 0 Å². The van der Waals surface area contributed by atoms with Crippen molar-refractivity contribution in [1.29, 1.82) is 0 Å². The molecule has 4 heteroatoms. The normalized spacial score (nSPS) is 16.2. The first-order valence-electron chi connectivity index (χ1n) is 5.71. The van der Waals surface area contributed by atoms with Gasteiger partial charge in [0, 0.05) is 12.1 Å². The zero-order valence-electron chi connectivity index (χ0n) is 9.69. The Kier molecular flexibility index (Phi) is 3.00. The second kappa shape index (κ2) is 4.80. The van der Waals surface area contributed by atoms with Crippen LogP contribution in [0.15, 0.2) is 30.5 Å². The number of aromatic hydroxyl groups is 1. The SMILES string of the molecule is Oc1ccc(Cn2cc([C]3[CH][CH][CH][CH]3)nn2)cc1. The van der Waals surface area contributed by atoms with E-state index < -0.39 is 0 Å². The van der Waals surface area contributed by atoms with Crippen molar-refractivity contribution < 1.29 is 5.11 Å². The Labute approximate surface area is 106 Å². The van der Waals surface area contributed by atoms with E-state index in [0.29, 0.717) is 6.54 Å². The highest BCUT2D eigenvalue weighted by atomic mass is 16.3. The van der Waals surface area contributed by atoms with Crippen LogP contribution in [0.25, 0.3) is 0 Å². The van der Waals surface area contributed by atoms with E-state index in [1.807, 2.05) is 44.0 Å². The monoisotopic (exact) mass is 238 g/mol. The van der Waals surface area contributed by atoms with Crippen molar-refractivity contribution in [1.82, 2.24) is 15.0 Å². The largest absolute Gasteiger partial charge is 0.508 e.